The third-order valence-corrected chi connectivity index (χ3v) is 5.93. The Labute approximate surface area is 189 Å². The predicted molar refractivity (Wildman–Crippen MR) is 120 cm³/mol. The topological polar surface area (TPSA) is 77.1 Å². The number of anilines is 1. The SMILES string of the molecule is O=C(Nc1cccc(C(=O)N2CCOCC2)c1)c1ccc(OCC2CCCO2)c(Br)c1. The van der Waals surface area contributed by atoms with E-state index in [0.717, 1.165) is 19.4 Å². The first-order valence-electron chi connectivity index (χ1n) is 10.4. The molecular weight excluding hydrogens is 464 g/mol. The van der Waals surface area contributed by atoms with Crippen molar-refractivity contribution in [3.63, 3.8) is 0 Å². The Kier molecular flexibility index (Phi) is 7.21. The summed E-state index contributed by atoms with van der Waals surface area (Å²) in [5.74, 6) is 0.349. The van der Waals surface area contributed by atoms with Crippen LogP contribution >= 0.6 is 15.9 Å². The third kappa shape index (κ3) is 5.64. The second kappa shape index (κ2) is 10.3. The van der Waals surface area contributed by atoms with Crippen LogP contribution in [0.1, 0.15) is 33.6 Å². The fourth-order valence-electron chi connectivity index (χ4n) is 3.60. The lowest BCUT2D eigenvalue weighted by Crippen LogP contribution is -2.40. The molecule has 2 aliphatic rings. The van der Waals surface area contributed by atoms with E-state index >= 15 is 0 Å². The van der Waals surface area contributed by atoms with Crippen LogP contribution < -0.4 is 10.1 Å². The van der Waals surface area contributed by atoms with Crippen LogP contribution in [-0.2, 0) is 9.47 Å². The van der Waals surface area contributed by atoms with Gasteiger partial charge in [-0.25, -0.2) is 0 Å². The second-order valence-electron chi connectivity index (χ2n) is 7.53. The molecule has 2 aromatic carbocycles. The molecule has 2 aromatic rings. The number of carbonyl (C=O) groups is 2. The molecular formula is C23H25BrN2O5. The van der Waals surface area contributed by atoms with Crippen LogP contribution in [0, 0.1) is 0 Å². The van der Waals surface area contributed by atoms with Gasteiger partial charge in [0.15, 0.2) is 0 Å². The number of nitrogens with one attached hydrogen (secondary N) is 1. The average Bonchev–Trinajstić information content (AvgIpc) is 3.32. The van der Waals surface area contributed by atoms with Gasteiger partial charge >= 0.3 is 0 Å². The zero-order chi connectivity index (χ0) is 21.6. The lowest BCUT2D eigenvalue weighted by molar-refractivity contribution is 0.0303. The van der Waals surface area contributed by atoms with Crippen LogP contribution in [0.4, 0.5) is 5.69 Å². The summed E-state index contributed by atoms with van der Waals surface area (Å²) in [5.41, 5.74) is 1.60. The number of rotatable bonds is 6. The summed E-state index contributed by atoms with van der Waals surface area (Å²) in [4.78, 5) is 27.2. The Morgan fingerprint density at radius 1 is 1.10 bits per heavy atom. The Morgan fingerprint density at radius 2 is 1.94 bits per heavy atom. The lowest BCUT2D eigenvalue weighted by Gasteiger charge is -2.27. The minimum absolute atomic E-state index is 0.0603. The number of ether oxygens (including phenoxy) is 3. The molecule has 0 saturated carbocycles. The molecule has 0 aromatic heterocycles. The highest BCUT2D eigenvalue weighted by Gasteiger charge is 2.20. The van der Waals surface area contributed by atoms with E-state index in [-0.39, 0.29) is 17.9 Å². The van der Waals surface area contributed by atoms with Gasteiger partial charge in [0.05, 0.1) is 23.8 Å². The van der Waals surface area contributed by atoms with E-state index in [1.54, 1.807) is 47.4 Å². The molecule has 0 radical (unpaired) electrons. The molecule has 2 saturated heterocycles. The van der Waals surface area contributed by atoms with Crippen molar-refractivity contribution < 1.29 is 23.8 Å². The molecule has 31 heavy (non-hydrogen) atoms. The van der Waals surface area contributed by atoms with Crippen LogP contribution in [0.2, 0.25) is 0 Å². The summed E-state index contributed by atoms with van der Waals surface area (Å²) in [7, 11) is 0. The number of nitrogens with zero attached hydrogens (tertiary/aromatic N) is 1. The second-order valence-corrected chi connectivity index (χ2v) is 8.39. The molecule has 0 bridgehead atoms. The van der Waals surface area contributed by atoms with Gasteiger partial charge in [0, 0.05) is 36.5 Å². The maximum atomic E-state index is 12.7. The van der Waals surface area contributed by atoms with Gasteiger partial charge in [0.25, 0.3) is 11.8 Å². The normalized spacial score (nSPS) is 18.6. The molecule has 2 heterocycles. The molecule has 7 nitrogen and oxygen atoms in total. The number of hydrogen-bond acceptors (Lipinski definition) is 5. The first-order valence-corrected chi connectivity index (χ1v) is 11.2. The molecule has 1 N–H and O–H groups in total. The van der Waals surface area contributed by atoms with E-state index in [2.05, 4.69) is 21.2 Å². The molecule has 1 unspecified atom stereocenters. The average molecular weight is 489 g/mol. The highest BCUT2D eigenvalue weighted by atomic mass is 79.9. The largest absolute Gasteiger partial charge is 0.490 e. The number of amides is 2. The number of morpholine rings is 1. The zero-order valence-electron chi connectivity index (χ0n) is 17.1. The molecule has 164 valence electrons. The maximum absolute atomic E-state index is 12.7. The van der Waals surface area contributed by atoms with Crippen LogP contribution in [0.25, 0.3) is 0 Å². The van der Waals surface area contributed by atoms with Gasteiger partial charge < -0.3 is 24.4 Å². The van der Waals surface area contributed by atoms with E-state index in [1.807, 2.05) is 0 Å². The summed E-state index contributed by atoms with van der Waals surface area (Å²) < 4.78 is 17.4. The van der Waals surface area contributed by atoms with E-state index in [4.69, 9.17) is 14.2 Å². The summed E-state index contributed by atoms with van der Waals surface area (Å²) in [6.07, 6.45) is 2.20. The van der Waals surface area contributed by atoms with Gasteiger partial charge in [0.2, 0.25) is 0 Å². The molecule has 2 aliphatic heterocycles. The Balaban J connectivity index is 1.38. The van der Waals surface area contributed by atoms with Crippen LogP contribution in [-0.4, -0.2) is 62.3 Å². The van der Waals surface area contributed by atoms with Crippen molar-refractivity contribution in [2.75, 3.05) is 44.8 Å². The van der Waals surface area contributed by atoms with Crippen LogP contribution in [0.5, 0.6) is 5.75 Å². The van der Waals surface area contributed by atoms with Gasteiger partial charge in [-0.15, -0.1) is 0 Å². The highest BCUT2D eigenvalue weighted by molar-refractivity contribution is 9.10. The van der Waals surface area contributed by atoms with Gasteiger partial charge in [0.1, 0.15) is 12.4 Å². The van der Waals surface area contributed by atoms with E-state index in [1.165, 1.54) is 0 Å². The molecule has 2 fully saturated rings. The number of hydrogen-bond donors (Lipinski definition) is 1. The minimum atomic E-state index is -0.262. The summed E-state index contributed by atoms with van der Waals surface area (Å²) in [5, 5.41) is 2.86. The van der Waals surface area contributed by atoms with Crippen molar-refractivity contribution in [3.8, 4) is 5.75 Å². The smallest absolute Gasteiger partial charge is 0.255 e. The molecule has 1 atom stereocenters. The van der Waals surface area contributed by atoms with Crippen molar-refractivity contribution >= 4 is 33.4 Å². The Hall–Kier alpha value is -2.42. The first kappa shape index (κ1) is 21.8. The quantitative estimate of drug-likeness (QED) is 0.670. The van der Waals surface area contributed by atoms with Gasteiger partial charge in [-0.3, -0.25) is 9.59 Å². The summed E-state index contributed by atoms with van der Waals surface area (Å²) in [6, 6.07) is 12.2. The Bertz CT molecular complexity index is 939. The van der Waals surface area contributed by atoms with Crippen molar-refractivity contribution in [3.05, 3.63) is 58.1 Å². The molecule has 0 spiro atoms. The molecule has 8 heteroatoms. The van der Waals surface area contributed by atoms with E-state index < -0.39 is 0 Å². The van der Waals surface area contributed by atoms with Gasteiger partial charge in [-0.05, 0) is 65.2 Å². The van der Waals surface area contributed by atoms with Gasteiger partial charge in [-0.2, -0.15) is 0 Å². The zero-order valence-corrected chi connectivity index (χ0v) is 18.7. The van der Waals surface area contributed by atoms with E-state index in [9.17, 15) is 9.59 Å². The number of benzene rings is 2. The number of halogens is 1. The fourth-order valence-corrected chi connectivity index (χ4v) is 4.09. The monoisotopic (exact) mass is 488 g/mol. The van der Waals surface area contributed by atoms with E-state index in [0.29, 0.717) is 59.9 Å². The standard InChI is InChI=1S/C23H25BrN2O5/c24-20-14-16(6-7-21(20)31-15-19-5-2-10-30-19)22(27)25-18-4-1-3-17(13-18)23(28)26-8-11-29-12-9-26/h1,3-4,6-7,13-14,19H,2,5,8-12,15H2,(H,25,27). The van der Waals surface area contributed by atoms with Gasteiger partial charge in [-0.1, -0.05) is 6.07 Å². The first-order chi connectivity index (χ1) is 15.1. The Morgan fingerprint density at radius 3 is 2.68 bits per heavy atom. The minimum Gasteiger partial charge on any atom is -0.490 e. The lowest BCUT2D eigenvalue weighted by atomic mass is 10.1. The van der Waals surface area contributed by atoms with Crippen molar-refractivity contribution in [1.82, 2.24) is 4.90 Å². The predicted octanol–water partition coefficient (Wildman–Crippen LogP) is 3.73. The van der Waals surface area contributed by atoms with Crippen molar-refractivity contribution in [2.24, 2.45) is 0 Å². The fraction of sp³-hybridized carbons (Fsp3) is 0.391. The highest BCUT2D eigenvalue weighted by Crippen LogP contribution is 2.27. The maximum Gasteiger partial charge on any atom is 0.255 e. The summed E-state index contributed by atoms with van der Waals surface area (Å²) >= 11 is 3.48. The number of carbonyl (C=O) groups excluding carboxylic acids is 2. The molecule has 4 rings (SSSR count). The molecule has 2 amide bonds. The van der Waals surface area contributed by atoms with Crippen molar-refractivity contribution in [1.29, 1.82) is 0 Å². The third-order valence-electron chi connectivity index (χ3n) is 5.31. The van der Waals surface area contributed by atoms with Crippen LogP contribution in [0.15, 0.2) is 46.9 Å². The summed E-state index contributed by atoms with van der Waals surface area (Å²) in [6.45, 7) is 3.52. The van der Waals surface area contributed by atoms with Crippen molar-refractivity contribution in [2.45, 2.75) is 18.9 Å². The molecule has 0 aliphatic carbocycles. The van der Waals surface area contributed by atoms with Crippen LogP contribution in [0.3, 0.4) is 0 Å².